The fourth-order valence-electron chi connectivity index (χ4n) is 6.89. The largest absolute Gasteiger partial charge is 0.367 e. The predicted molar refractivity (Wildman–Crippen MR) is 168 cm³/mol. The van der Waals surface area contributed by atoms with E-state index in [1.807, 2.05) is 18.2 Å². The topological polar surface area (TPSA) is 51.3 Å². The number of rotatable bonds is 11. The van der Waals surface area contributed by atoms with Crippen LogP contribution in [0.4, 0.5) is 14.5 Å². The third-order valence-electron chi connectivity index (χ3n) is 9.54. The number of likely N-dealkylation sites (tertiary alicyclic amines) is 1. The van der Waals surface area contributed by atoms with Crippen LogP contribution in [0.15, 0.2) is 78.9 Å². The van der Waals surface area contributed by atoms with E-state index in [2.05, 4.69) is 37.0 Å². The number of hydrogen-bond donors (Lipinski definition) is 1. The van der Waals surface area contributed by atoms with Crippen molar-refractivity contribution in [2.24, 2.45) is 0 Å². The Kier molecular flexibility index (Phi) is 9.86. The molecule has 0 bridgehead atoms. The number of carbonyl (C=O) groups is 1. The number of para-hydroxylation sites is 1. The molecular formula is C35H43F2N5O2. The number of halogens is 2. The molecule has 0 saturated carbocycles. The van der Waals surface area contributed by atoms with Crippen molar-refractivity contribution < 1.29 is 18.3 Å². The van der Waals surface area contributed by atoms with E-state index in [0.29, 0.717) is 13.3 Å². The van der Waals surface area contributed by atoms with E-state index in [4.69, 9.17) is 4.74 Å². The van der Waals surface area contributed by atoms with Crippen LogP contribution in [0.1, 0.15) is 36.5 Å². The molecular weight excluding hydrogens is 560 g/mol. The van der Waals surface area contributed by atoms with Crippen LogP contribution >= 0.6 is 0 Å². The number of nitrogens with zero attached hydrogens (tertiary/aromatic N) is 4. The summed E-state index contributed by atoms with van der Waals surface area (Å²) in [4.78, 5) is 22.7. The molecule has 3 saturated heterocycles. The summed E-state index contributed by atoms with van der Waals surface area (Å²) >= 11 is 0. The number of amides is 1. The quantitative estimate of drug-likeness (QED) is 0.348. The van der Waals surface area contributed by atoms with Gasteiger partial charge >= 0.3 is 0 Å². The molecule has 3 aromatic rings. The summed E-state index contributed by atoms with van der Waals surface area (Å²) in [7, 11) is 0. The van der Waals surface area contributed by atoms with Crippen molar-refractivity contribution in [2.75, 3.05) is 77.1 Å². The Labute approximate surface area is 259 Å². The maximum Gasteiger partial charge on any atom is 0.247 e. The fraction of sp³-hybridized carbons (Fsp3) is 0.457. The molecule has 9 heteroatoms. The molecule has 6 rings (SSSR count). The second-order valence-electron chi connectivity index (χ2n) is 12.2. The van der Waals surface area contributed by atoms with Gasteiger partial charge in [-0.1, -0.05) is 42.5 Å². The highest BCUT2D eigenvalue weighted by atomic mass is 19.1. The Morgan fingerprint density at radius 2 is 1.23 bits per heavy atom. The molecule has 3 heterocycles. The Morgan fingerprint density at radius 3 is 1.80 bits per heavy atom. The van der Waals surface area contributed by atoms with Crippen LogP contribution in [0.25, 0.3) is 0 Å². The highest BCUT2D eigenvalue weighted by Crippen LogP contribution is 2.36. The number of benzene rings is 3. The van der Waals surface area contributed by atoms with Crippen LogP contribution in [0.2, 0.25) is 0 Å². The van der Waals surface area contributed by atoms with Crippen LogP contribution in [0.3, 0.4) is 0 Å². The lowest BCUT2D eigenvalue weighted by Gasteiger charge is -2.43. The highest BCUT2D eigenvalue weighted by Gasteiger charge is 2.50. The Hall–Kier alpha value is -3.37. The summed E-state index contributed by atoms with van der Waals surface area (Å²) in [6.07, 6.45) is 2.48. The minimum absolute atomic E-state index is 0.172. The maximum absolute atomic E-state index is 13.5. The van der Waals surface area contributed by atoms with E-state index in [1.54, 1.807) is 24.3 Å². The van der Waals surface area contributed by atoms with Gasteiger partial charge in [0.25, 0.3) is 0 Å². The molecule has 1 amide bonds. The lowest BCUT2D eigenvalue weighted by Crippen LogP contribution is -2.56. The summed E-state index contributed by atoms with van der Waals surface area (Å²) in [5.41, 5.74) is 2.40. The first kappa shape index (κ1) is 30.6. The van der Waals surface area contributed by atoms with E-state index in [1.165, 1.54) is 24.3 Å². The maximum atomic E-state index is 13.5. The number of ether oxygens (including phenoxy) is 1. The third-order valence-corrected chi connectivity index (χ3v) is 9.54. The van der Waals surface area contributed by atoms with E-state index < -0.39 is 5.54 Å². The summed E-state index contributed by atoms with van der Waals surface area (Å²) in [5.74, 6) is -0.408. The number of anilines is 1. The van der Waals surface area contributed by atoms with Crippen molar-refractivity contribution in [3.05, 3.63) is 102 Å². The first-order chi connectivity index (χ1) is 21.5. The average molecular weight is 604 g/mol. The zero-order valence-electron chi connectivity index (χ0n) is 25.3. The lowest BCUT2D eigenvalue weighted by atomic mass is 9.85. The number of carbonyl (C=O) groups excluding carboxylic acids is 1. The summed E-state index contributed by atoms with van der Waals surface area (Å²) in [6, 6.07) is 22.9. The molecule has 234 valence electrons. The average Bonchev–Trinajstić information content (AvgIpc) is 3.37. The first-order valence-corrected chi connectivity index (χ1v) is 15.9. The molecule has 44 heavy (non-hydrogen) atoms. The summed E-state index contributed by atoms with van der Waals surface area (Å²) < 4.78 is 33.3. The number of piperidine rings is 1. The van der Waals surface area contributed by atoms with Crippen LogP contribution in [-0.2, 0) is 9.53 Å². The molecule has 3 aliphatic heterocycles. The second-order valence-corrected chi connectivity index (χ2v) is 12.2. The smallest absolute Gasteiger partial charge is 0.247 e. The van der Waals surface area contributed by atoms with Crippen molar-refractivity contribution in [3.63, 3.8) is 0 Å². The van der Waals surface area contributed by atoms with Crippen molar-refractivity contribution in [1.29, 1.82) is 0 Å². The van der Waals surface area contributed by atoms with Crippen LogP contribution in [0.5, 0.6) is 0 Å². The molecule has 3 fully saturated rings. The zero-order chi connectivity index (χ0) is 30.4. The van der Waals surface area contributed by atoms with Gasteiger partial charge in [0.05, 0.1) is 13.3 Å². The van der Waals surface area contributed by atoms with E-state index >= 15 is 0 Å². The lowest BCUT2D eigenvalue weighted by molar-refractivity contribution is -0.125. The Bertz CT molecular complexity index is 1300. The molecule has 0 unspecified atom stereocenters. The predicted octanol–water partition coefficient (Wildman–Crippen LogP) is 4.51. The molecule has 7 nitrogen and oxygen atoms in total. The van der Waals surface area contributed by atoms with Gasteiger partial charge in [0.15, 0.2) is 0 Å². The van der Waals surface area contributed by atoms with Gasteiger partial charge in [-0.2, -0.15) is 0 Å². The van der Waals surface area contributed by atoms with Gasteiger partial charge in [-0.25, -0.2) is 8.78 Å². The molecule has 0 aromatic heterocycles. The highest BCUT2D eigenvalue weighted by molar-refractivity contribution is 5.93. The molecule has 3 aromatic carbocycles. The van der Waals surface area contributed by atoms with Gasteiger partial charge in [0.1, 0.15) is 23.3 Å². The van der Waals surface area contributed by atoms with Gasteiger partial charge < -0.3 is 24.8 Å². The third kappa shape index (κ3) is 7.12. The molecule has 3 aliphatic rings. The standard InChI is InChI=1S/C35H43F2N5O2/c36-30-11-7-28(8-12-30)33(29-9-13-31(37)14-10-29)44-26-25-41-23-21-40(22-24-41)18-4-17-39-19-15-35(16-20-39)34(43)38-27-42(35)32-5-2-1-3-6-32/h1-3,5-14,33H,4,15-27H2,(H,38,43). The van der Waals surface area contributed by atoms with Crippen LogP contribution < -0.4 is 10.2 Å². The van der Waals surface area contributed by atoms with Crippen molar-refractivity contribution in [3.8, 4) is 0 Å². The van der Waals surface area contributed by atoms with Crippen molar-refractivity contribution in [1.82, 2.24) is 20.0 Å². The number of hydrogen-bond acceptors (Lipinski definition) is 6. The van der Waals surface area contributed by atoms with E-state index in [-0.39, 0.29) is 23.6 Å². The molecule has 0 atom stereocenters. The molecule has 1 N–H and O–H groups in total. The number of nitrogens with one attached hydrogen (secondary N) is 1. The van der Waals surface area contributed by atoms with Crippen LogP contribution in [0, 0.1) is 11.6 Å². The normalized spacial score (nSPS) is 19.6. The number of piperazine rings is 1. The monoisotopic (exact) mass is 603 g/mol. The SMILES string of the molecule is O=C1NCN(c2ccccc2)C12CCN(CCCN1CCN(CCOC(c3ccc(F)cc3)c3ccc(F)cc3)CC1)CC2. The van der Waals surface area contributed by atoms with E-state index in [9.17, 15) is 13.6 Å². The van der Waals surface area contributed by atoms with Crippen molar-refractivity contribution in [2.45, 2.75) is 30.9 Å². The first-order valence-electron chi connectivity index (χ1n) is 15.9. The minimum Gasteiger partial charge on any atom is -0.367 e. The van der Waals surface area contributed by atoms with Gasteiger partial charge in [-0.3, -0.25) is 9.69 Å². The minimum atomic E-state index is -0.421. The molecule has 0 radical (unpaired) electrons. The fourth-order valence-corrected chi connectivity index (χ4v) is 6.89. The van der Waals surface area contributed by atoms with Crippen molar-refractivity contribution >= 4 is 11.6 Å². The summed E-state index contributed by atoms with van der Waals surface area (Å²) in [5, 5.41) is 3.09. The van der Waals surface area contributed by atoms with Crippen LogP contribution in [-0.4, -0.2) is 98.3 Å². The zero-order valence-corrected chi connectivity index (χ0v) is 25.3. The van der Waals surface area contributed by atoms with Gasteiger partial charge in [-0.05, 0) is 79.9 Å². The summed E-state index contributed by atoms with van der Waals surface area (Å²) in [6.45, 7) is 10.0. The Morgan fingerprint density at radius 1 is 0.705 bits per heavy atom. The Balaban J connectivity index is 0.905. The van der Waals surface area contributed by atoms with E-state index in [0.717, 1.165) is 95.0 Å². The van der Waals surface area contributed by atoms with Gasteiger partial charge in [0.2, 0.25) is 5.91 Å². The molecule has 0 aliphatic carbocycles. The van der Waals surface area contributed by atoms with Gasteiger partial charge in [0, 0.05) is 51.5 Å². The van der Waals surface area contributed by atoms with Gasteiger partial charge in [-0.15, -0.1) is 0 Å². The second kappa shape index (κ2) is 14.2. The molecule has 1 spiro atoms.